The van der Waals surface area contributed by atoms with Crippen LogP contribution in [0, 0.1) is 5.92 Å². The summed E-state index contributed by atoms with van der Waals surface area (Å²) in [5.74, 6) is 0.139. The zero-order chi connectivity index (χ0) is 13.6. The Balaban J connectivity index is 3.59. The molecule has 0 amide bonds. The summed E-state index contributed by atoms with van der Waals surface area (Å²) in [4.78, 5) is 11.6. The standard InChI is InChI=1S/C16H32O2/c1-4-6-8-9-10-11-12-14-15(13-7-5-2)16(17)18-3/h15H,4-14H2,1-3H3. The van der Waals surface area contributed by atoms with E-state index in [1.54, 1.807) is 0 Å². The van der Waals surface area contributed by atoms with Crippen LogP contribution in [0.25, 0.3) is 0 Å². The molecule has 1 unspecified atom stereocenters. The first kappa shape index (κ1) is 17.5. The summed E-state index contributed by atoms with van der Waals surface area (Å²) in [5, 5.41) is 0. The van der Waals surface area contributed by atoms with Crippen molar-refractivity contribution >= 4 is 5.97 Å². The lowest BCUT2D eigenvalue weighted by Gasteiger charge is -2.13. The third-order valence-electron chi connectivity index (χ3n) is 3.60. The van der Waals surface area contributed by atoms with Crippen molar-refractivity contribution < 1.29 is 9.53 Å². The molecule has 0 saturated heterocycles. The molecule has 0 radical (unpaired) electrons. The van der Waals surface area contributed by atoms with Crippen LogP contribution >= 0.6 is 0 Å². The van der Waals surface area contributed by atoms with Crippen molar-refractivity contribution in [1.82, 2.24) is 0 Å². The number of esters is 1. The largest absolute Gasteiger partial charge is 0.469 e. The first-order valence-corrected chi connectivity index (χ1v) is 7.84. The molecule has 2 nitrogen and oxygen atoms in total. The van der Waals surface area contributed by atoms with Crippen LogP contribution in [0.4, 0.5) is 0 Å². The van der Waals surface area contributed by atoms with E-state index in [1.807, 2.05) is 0 Å². The van der Waals surface area contributed by atoms with Gasteiger partial charge in [0.1, 0.15) is 0 Å². The van der Waals surface area contributed by atoms with Crippen molar-refractivity contribution in [3.05, 3.63) is 0 Å². The number of carbonyl (C=O) groups is 1. The molecular weight excluding hydrogens is 224 g/mol. The molecule has 2 heteroatoms. The SMILES string of the molecule is CCCCCCCCCC(CCCC)C(=O)OC. The Labute approximate surface area is 113 Å². The van der Waals surface area contributed by atoms with E-state index >= 15 is 0 Å². The molecule has 0 fully saturated rings. The lowest BCUT2D eigenvalue weighted by molar-refractivity contribution is -0.146. The number of unbranched alkanes of at least 4 members (excludes halogenated alkanes) is 7. The number of ether oxygens (including phenoxy) is 1. The predicted molar refractivity (Wildman–Crippen MR) is 77.6 cm³/mol. The molecule has 0 N–H and O–H groups in total. The van der Waals surface area contributed by atoms with Crippen LogP contribution in [-0.2, 0) is 9.53 Å². The van der Waals surface area contributed by atoms with Crippen molar-refractivity contribution in [2.24, 2.45) is 5.92 Å². The average Bonchev–Trinajstić information content (AvgIpc) is 2.40. The molecule has 0 saturated carbocycles. The second-order valence-corrected chi connectivity index (χ2v) is 5.27. The molecule has 0 aliphatic rings. The summed E-state index contributed by atoms with van der Waals surface area (Å²) in [5.41, 5.74) is 0. The molecule has 1 atom stereocenters. The van der Waals surface area contributed by atoms with Crippen molar-refractivity contribution in [3.8, 4) is 0 Å². The van der Waals surface area contributed by atoms with Gasteiger partial charge in [-0.05, 0) is 12.8 Å². The van der Waals surface area contributed by atoms with Crippen molar-refractivity contribution in [1.29, 1.82) is 0 Å². The number of carbonyl (C=O) groups excluding carboxylic acids is 1. The Morgan fingerprint density at radius 1 is 0.833 bits per heavy atom. The fraction of sp³-hybridized carbons (Fsp3) is 0.938. The van der Waals surface area contributed by atoms with Gasteiger partial charge in [0, 0.05) is 0 Å². The van der Waals surface area contributed by atoms with Gasteiger partial charge in [-0.2, -0.15) is 0 Å². The third-order valence-corrected chi connectivity index (χ3v) is 3.60. The van der Waals surface area contributed by atoms with Crippen LogP contribution in [0.1, 0.15) is 84.5 Å². The van der Waals surface area contributed by atoms with E-state index in [9.17, 15) is 4.79 Å². The Bertz CT molecular complexity index is 190. The first-order chi connectivity index (χ1) is 8.76. The second-order valence-electron chi connectivity index (χ2n) is 5.27. The Morgan fingerprint density at radius 3 is 1.89 bits per heavy atom. The molecule has 0 aliphatic heterocycles. The van der Waals surface area contributed by atoms with E-state index < -0.39 is 0 Å². The highest BCUT2D eigenvalue weighted by atomic mass is 16.5. The van der Waals surface area contributed by atoms with Crippen LogP contribution < -0.4 is 0 Å². The molecule has 0 aromatic heterocycles. The maximum absolute atomic E-state index is 11.6. The molecule has 0 heterocycles. The first-order valence-electron chi connectivity index (χ1n) is 7.84. The van der Waals surface area contributed by atoms with Gasteiger partial charge >= 0.3 is 5.97 Å². The minimum absolute atomic E-state index is 0.00515. The predicted octanol–water partition coefficient (Wildman–Crippen LogP) is 5.11. The summed E-state index contributed by atoms with van der Waals surface area (Å²) >= 11 is 0. The molecule has 0 aromatic carbocycles. The number of rotatable bonds is 12. The highest BCUT2D eigenvalue weighted by molar-refractivity contribution is 5.72. The summed E-state index contributed by atoms with van der Waals surface area (Å²) in [6.07, 6.45) is 13.5. The number of hydrogen-bond acceptors (Lipinski definition) is 2. The fourth-order valence-electron chi connectivity index (χ4n) is 2.35. The highest BCUT2D eigenvalue weighted by Crippen LogP contribution is 2.19. The van der Waals surface area contributed by atoms with E-state index in [1.165, 1.54) is 52.1 Å². The Hall–Kier alpha value is -0.530. The quantitative estimate of drug-likeness (QED) is 0.358. The maximum atomic E-state index is 11.6. The average molecular weight is 256 g/mol. The molecular formula is C16H32O2. The van der Waals surface area contributed by atoms with E-state index in [4.69, 9.17) is 4.74 Å². The topological polar surface area (TPSA) is 26.3 Å². The molecule has 0 aliphatic carbocycles. The van der Waals surface area contributed by atoms with E-state index in [0.717, 1.165) is 25.7 Å². The van der Waals surface area contributed by atoms with Gasteiger partial charge in [0.05, 0.1) is 13.0 Å². The zero-order valence-corrected chi connectivity index (χ0v) is 12.7. The molecule has 0 aromatic rings. The monoisotopic (exact) mass is 256 g/mol. The Kier molecular flexibility index (Phi) is 12.5. The van der Waals surface area contributed by atoms with Gasteiger partial charge in [-0.1, -0.05) is 71.6 Å². The van der Waals surface area contributed by atoms with Crippen molar-refractivity contribution in [2.45, 2.75) is 84.5 Å². The van der Waals surface area contributed by atoms with Crippen LogP contribution in [-0.4, -0.2) is 13.1 Å². The van der Waals surface area contributed by atoms with Crippen LogP contribution in [0.2, 0.25) is 0 Å². The molecule has 108 valence electrons. The van der Waals surface area contributed by atoms with Gasteiger partial charge in [-0.3, -0.25) is 4.79 Å². The highest BCUT2D eigenvalue weighted by Gasteiger charge is 2.17. The third kappa shape index (κ3) is 9.49. The van der Waals surface area contributed by atoms with E-state index in [2.05, 4.69) is 13.8 Å². The van der Waals surface area contributed by atoms with Crippen molar-refractivity contribution in [2.75, 3.05) is 7.11 Å². The number of methoxy groups -OCH3 is 1. The minimum Gasteiger partial charge on any atom is -0.469 e. The normalized spacial score (nSPS) is 12.4. The fourth-order valence-corrected chi connectivity index (χ4v) is 2.35. The molecule has 0 bridgehead atoms. The van der Waals surface area contributed by atoms with Crippen LogP contribution in [0.15, 0.2) is 0 Å². The minimum atomic E-state index is -0.00515. The zero-order valence-electron chi connectivity index (χ0n) is 12.7. The van der Waals surface area contributed by atoms with Crippen molar-refractivity contribution in [3.63, 3.8) is 0 Å². The number of hydrogen-bond donors (Lipinski definition) is 0. The molecule has 0 rings (SSSR count). The van der Waals surface area contributed by atoms with E-state index in [-0.39, 0.29) is 11.9 Å². The summed E-state index contributed by atoms with van der Waals surface area (Å²) in [6.45, 7) is 4.41. The molecule has 18 heavy (non-hydrogen) atoms. The van der Waals surface area contributed by atoms with Gasteiger partial charge in [-0.15, -0.1) is 0 Å². The smallest absolute Gasteiger partial charge is 0.308 e. The second kappa shape index (κ2) is 12.9. The maximum Gasteiger partial charge on any atom is 0.308 e. The summed E-state index contributed by atoms with van der Waals surface area (Å²) in [7, 11) is 1.51. The lowest BCUT2D eigenvalue weighted by atomic mass is 9.95. The van der Waals surface area contributed by atoms with Crippen LogP contribution in [0.5, 0.6) is 0 Å². The van der Waals surface area contributed by atoms with Gasteiger partial charge in [-0.25, -0.2) is 0 Å². The summed E-state index contributed by atoms with van der Waals surface area (Å²) < 4.78 is 4.88. The van der Waals surface area contributed by atoms with Gasteiger partial charge in [0.25, 0.3) is 0 Å². The lowest BCUT2D eigenvalue weighted by Crippen LogP contribution is -2.16. The van der Waals surface area contributed by atoms with Gasteiger partial charge in [0.15, 0.2) is 0 Å². The molecule has 0 spiro atoms. The van der Waals surface area contributed by atoms with E-state index in [0.29, 0.717) is 0 Å². The Morgan fingerprint density at radius 2 is 1.33 bits per heavy atom. The van der Waals surface area contributed by atoms with Gasteiger partial charge in [0.2, 0.25) is 0 Å². The summed E-state index contributed by atoms with van der Waals surface area (Å²) in [6, 6.07) is 0. The van der Waals surface area contributed by atoms with Gasteiger partial charge < -0.3 is 4.74 Å². The van der Waals surface area contributed by atoms with Crippen LogP contribution in [0.3, 0.4) is 0 Å².